The molecule has 0 amide bonds. The first-order valence-corrected chi connectivity index (χ1v) is 4.82. The third-order valence-corrected chi connectivity index (χ3v) is 2.72. The van der Waals surface area contributed by atoms with Gasteiger partial charge in [0.05, 0.1) is 6.10 Å². The largest absolute Gasteiger partial charge is 0.393 e. The molecule has 0 radical (unpaired) electrons. The maximum Gasteiger partial charge on any atom is 0.0578 e. The van der Waals surface area contributed by atoms with Gasteiger partial charge in [0.15, 0.2) is 0 Å². The van der Waals surface area contributed by atoms with E-state index in [1.165, 1.54) is 0 Å². The lowest BCUT2D eigenvalue weighted by atomic mass is 9.92. The first-order valence-electron chi connectivity index (χ1n) is 4.31. The molecule has 0 aliphatic carbocycles. The first kappa shape index (κ1) is 9.36. The molecule has 0 bridgehead atoms. The Balaban J connectivity index is 2.33. The van der Waals surface area contributed by atoms with Crippen LogP contribution in [0.2, 0.25) is 0 Å². The minimum Gasteiger partial charge on any atom is -0.393 e. The third kappa shape index (κ3) is 2.65. The van der Waals surface area contributed by atoms with Gasteiger partial charge in [-0.3, -0.25) is 0 Å². The molecule has 1 aliphatic rings. The van der Waals surface area contributed by atoms with Crippen LogP contribution in [0, 0.1) is 5.92 Å². The topological polar surface area (TPSA) is 32.3 Å². The van der Waals surface area contributed by atoms with Crippen molar-refractivity contribution in [3.63, 3.8) is 0 Å². The van der Waals surface area contributed by atoms with E-state index in [4.69, 9.17) is 0 Å². The zero-order valence-corrected chi connectivity index (χ0v) is 7.85. The van der Waals surface area contributed by atoms with E-state index in [1.54, 1.807) is 0 Å². The quantitative estimate of drug-likeness (QED) is 0.539. The number of hydrogen-bond acceptors (Lipinski definition) is 3. The Morgan fingerprint density at radius 1 is 1.64 bits per heavy atom. The van der Waals surface area contributed by atoms with E-state index >= 15 is 0 Å². The molecule has 0 spiro atoms. The molecule has 3 unspecified atom stereocenters. The third-order valence-electron chi connectivity index (χ3n) is 2.32. The number of piperidine rings is 1. The average Bonchev–Trinajstić information content (AvgIpc) is 2.03. The van der Waals surface area contributed by atoms with Gasteiger partial charge in [-0.1, -0.05) is 6.92 Å². The van der Waals surface area contributed by atoms with Crippen molar-refractivity contribution in [2.75, 3.05) is 13.1 Å². The SMILES string of the molecule is CCC(O)C1CNCC(S)C1. The highest BCUT2D eigenvalue weighted by molar-refractivity contribution is 7.81. The van der Waals surface area contributed by atoms with Gasteiger partial charge < -0.3 is 10.4 Å². The molecule has 0 aromatic carbocycles. The lowest BCUT2D eigenvalue weighted by molar-refractivity contribution is 0.0900. The van der Waals surface area contributed by atoms with E-state index in [2.05, 4.69) is 17.9 Å². The van der Waals surface area contributed by atoms with Crippen molar-refractivity contribution in [1.82, 2.24) is 5.32 Å². The summed E-state index contributed by atoms with van der Waals surface area (Å²) in [7, 11) is 0. The van der Waals surface area contributed by atoms with E-state index in [0.29, 0.717) is 11.2 Å². The number of hydrogen-bond donors (Lipinski definition) is 3. The van der Waals surface area contributed by atoms with Gasteiger partial charge in [0, 0.05) is 18.3 Å². The van der Waals surface area contributed by atoms with Crippen molar-refractivity contribution < 1.29 is 5.11 Å². The van der Waals surface area contributed by atoms with Gasteiger partial charge in [0.25, 0.3) is 0 Å². The highest BCUT2D eigenvalue weighted by Crippen LogP contribution is 2.19. The second kappa shape index (κ2) is 4.33. The molecule has 2 nitrogen and oxygen atoms in total. The van der Waals surface area contributed by atoms with Crippen LogP contribution in [-0.4, -0.2) is 29.5 Å². The van der Waals surface area contributed by atoms with E-state index in [0.717, 1.165) is 25.9 Å². The van der Waals surface area contributed by atoms with Crippen molar-refractivity contribution in [2.24, 2.45) is 5.92 Å². The van der Waals surface area contributed by atoms with Crippen molar-refractivity contribution in [1.29, 1.82) is 0 Å². The van der Waals surface area contributed by atoms with Gasteiger partial charge in [0.2, 0.25) is 0 Å². The molecule has 3 atom stereocenters. The lowest BCUT2D eigenvalue weighted by Crippen LogP contribution is -2.41. The number of thiol groups is 1. The zero-order valence-electron chi connectivity index (χ0n) is 6.95. The summed E-state index contributed by atoms with van der Waals surface area (Å²) in [5.74, 6) is 0.413. The zero-order chi connectivity index (χ0) is 8.27. The molecule has 0 aromatic rings. The predicted octanol–water partition coefficient (Wildman–Crippen LogP) is 0.665. The molecule has 1 heterocycles. The van der Waals surface area contributed by atoms with E-state index in [1.807, 2.05) is 6.92 Å². The Morgan fingerprint density at radius 2 is 2.36 bits per heavy atom. The normalized spacial score (nSPS) is 35.2. The van der Waals surface area contributed by atoms with Gasteiger partial charge >= 0.3 is 0 Å². The highest BCUT2D eigenvalue weighted by Gasteiger charge is 2.23. The Bertz CT molecular complexity index is 121. The lowest BCUT2D eigenvalue weighted by Gasteiger charge is -2.30. The molecule has 11 heavy (non-hydrogen) atoms. The van der Waals surface area contributed by atoms with Gasteiger partial charge in [-0.15, -0.1) is 0 Å². The smallest absolute Gasteiger partial charge is 0.0578 e. The molecule has 3 heteroatoms. The monoisotopic (exact) mass is 175 g/mol. The molecule has 1 saturated heterocycles. The Kier molecular flexibility index (Phi) is 3.69. The van der Waals surface area contributed by atoms with Crippen LogP contribution in [0.4, 0.5) is 0 Å². The molecule has 1 fully saturated rings. The van der Waals surface area contributed by atoms with Crippen molar-refractivity contribution in [3.8, 4) is 0 Å². The maximum atomic E-state index is 9.53. The van der Waals surface area contributed by atoms with Gasteiger partial charge in [-0.05, 0) is 18.8 Å². The van der Waals surface area contributed by atoms with Crippen LogP contribution in [0.1, 0.15) is 19.8 Å². The molecule has 2 N–H and O–H groups in total. The summed E-state index contributed by atoms with van der Waals surface area (Å²) in [6, 6.07) is 0. The molecule has 1 aliphatic heterocycles. The number of rotatable bonds is 2. The highest BCUT2D eigenvalue weighted by atomic mass is 32.1. The fourth-order valence-electron chi connectivity index (χ4n) is 1.58. The second-order valence-corrected chi connectivity index (χ2v) is 4.01. The summed E-state index contributed by atoms with van der Waals surface area (Å²) in [5.41, 5.74) is 0. The minimum atomic E-state index is -0.141. The standard InChI is InChI=1S/C8H17NOS/c1-2-8(10)6-3-7(11)5-9-4-6/h6-11H,2-5H2,1H3. The van der Waals surface area contributed by atoms with Crippen molar-refractivity contribution in [2.45, 2.75) is 31.1 Å². The molecular formula is C8H17NOS. The number of nitrogens with one attached hydrogen (secondary N) is 1. The summed E-state index contributed by atoms with van der Waals surface area (Å²) in [6.45, 7) is 3.95. The molecular weight excluding hydrogens is 158 g/mol. The van der Waals surface area contributed by atoms with Crippen LogP contribution in [0.25, 0.3) is 0 Å². The van der Waals surface area contributed by atoms with Crippen molar-refractivity contribution >= 4 is 12.6 Å². The molecule has 0 saturated carbocycles. The summed E-state index contributed by atoms with van der Waals surface area (Å²) < 4.78 is 0. The van der Waals surface area contributed by atoms with E-state index in [-0.39, 0.29) is 6.10 Å². The number of aliphatic hydroxyl groups excluding tert-OH is 1. The summed E-state index contributed by atoms with van der Waals surface area (Å²) >= 11 is 4.38. The van der Waals surface area contributed by atoms with E-state index < -0.39 is 0 Å². The van der Waals surface area contributed by atoms with Crippen LogP contribution in [0.15, 0.2) is 0 Å². The van der Waals surface area contributed by atoms with E-state index in [9.17, 15) is 5.11 Å². The van der Waals surface area contributed by atoms with Crippen LogP contribution in [0.5, 0.6) is 0 Å². The molecule has 1 rings (SSSR count). The maximum absolute atomic E-state index is 9.53. The minimum absolute atomic E-state index is 0.141. The predicted molar refractivity (Wildman–Crippen MR) is 50.0 cm³/mol. The molecule has 66 valence electrons. The fraction of sp³-hybridized carbons (Fsp3) is 1.00. The first-order chi connectivity index (χ1) is 5.24. The van der Waals surface area contributed by atoms with Crippen LogP contribution in [-0.2, 0) is 0 Å². The van der Waals surface area contributed by atoms with Gasteiger partial charge in [-0.2, -0.15) is 12.6 Å². The Labute approximate surface area is 73.8 Å². The fourth-order valence-corrected chi connectivity index (χ4v) is 1.98. The summed E-state index contributed by atoms with van der Waals surface area (Å²) in [5, 5.41) is 13.2. The van der Waals surface area contributed by atoms with Crippen LogP contribution in [0.3, 0.4) is 0 Å². The Hall–Kier alpha value is 0.270. The van der Waals surface area contributed by atoms with Gasteiger partial charge in [0.1, 0.15) is 0 Å². The second-order valence-electron chi connectivity index (χ2n) is 3.28. The van der Waals surface area contributed by atoms with Crippen LogP contribution < -0.4 is 5.32 Å². The average molecular weight is 175 g/mol. The summed E-state index contributed by atoms with van der Waals surface area (Å²) in [6.07, 6.45) is 1.76. The molecule has 0 aromatic heterocycles. The summed E-state index contributed by atoms with van der Waals surface area (Å²) in [4.78, 5) is 0. The van der Waals surface area contributed by atoms with Crippen LogP contribution >= 0.6 is 12.6 Å². The Morgan fingerprint density at radius 3 is 2.91 bits per heavy atom. The van der Waals surface area contributed by atoms with Crippen molar-refractivity contribution in [3.05, 3.63) is 0 Å². The number of aliphatic hydroxyl groups is 1. The van der Waals surface area contributed by atoms with Gasteiger partial charge in [-0.25, -0.2) is 0 Å².